The summed E-state index contributed by atoms with van der Waals surface area (Å²) in [5, 5.41) is 9.54. The van der Waals surface area contributed by atoms with Crippen molar-refractivity contribution in [1.29, 1.82) is 0 Å². The lowest BCUT2D eigenvalue weighted by molar-refractivity contribution is -0.144. The average Bonchev–Trinajstić information content (AvgIpc) is 2.49. The molecule has 0 saturated carbocycles. The van der Waals surface area contributed by atoms with Crippen LogP contribution in [0.25, 0.3) is 0 Å². The van der Waals surface area contributed by atoms with Gasteiger partial charge in [0.15, 0.2) is 0 Å². The van der Waals surface area contributed by atoms with E-state index in [0.717, 1.165) is 12.0 Å². The molecule has 0 fully saturated rings. The smallest absolute Gasteiger partial charge is 0.325 e. The van der Waals surface area contributed by atoms with Crippen molar-refractivity contribution in [3.05, 3.63) is 71.0 Å². The van der Waals surface area contributed by atoms with Crippen LogP contribution in [0.5, 0.6) is 0 Å². The number of halogens is 1. The van der Waals surface area contributed by atoms with Crippen molar-refractivity contribution < 1.29 is 14.3 Å². The van der Waals surface area contributed by atoms with Gasteiger partial charge in [-0.3, -0.25) is 9.69 Å². The second-order valence-electron chi connectivity index (χ2n) is 5.25. The normalized spacial score (nSPS) is 16.2. The molecule has 1 unspecified atom stereocenters. The Morgan fingerprint density at radius 2 is 1.76 bits per heavy atom. The Morgan fingerprint density at radius 3 is 2.48 bits per heavy atom. The zero-order chi connectivity index (χ0) is 14.8. The molecule has 1 heterocycles. The molecule has 3 rings (SSSR count). The molecule has 1 atom stereocenters. The van der Waals surface area contributed by atoms with Crippen molar-refractivity contribution in [2.75, 3.05) is 6.54 Å². The maximum atomic E-state index is 14.0. The molecule has 0 spiro atoms. The molecular formula is C17H16FNO2. The molecule has 3 nitrogen and oxygen atoms in total. The van der Waals surface area contributed by atoms with E-state index in [-0.39, 0.29) is 5.56 Å². The van der Waals surface area contributed by atoms with Crippen LogP contribution in [0.15, 0.2) is 48.5 Å². The molecule has 2 aromatic rings. The predicted molar refractivity (Wildman–Crippen MR) is 77.3 cm³/mol. The second-order valence-corrected chi connectivity index (χ2v) is 5.25. The van der Waals surface area contributed by atoms with Crippen molar-refractivity contribution in [3.63, 3.8) is 0 Å². The van der Waals surface area contributed by atoms with Crippen LogP contribution in [-0.4, -0.2) is 22.5 Å². The second kappa shape index (κ2) is 5.66. The maximum Gasteiger partial charge on any atom is 0.325 e. The van der Waals surface area contributed by atoms with E-state index in [1.54, 1.807) is 18.2 Å². The minimum atomic E-state index is -1.01. The minimum Gasteiger partial charge on any atom is -0.480 e. The molecule has 2 aromatic carbocycles. The van der Waals surface area contributed by atoms with Gasteiger partial charge < -0.3 is 5.11 Å². The monoisotopic (exact) mass is 285 g/mol. The van der Waals surface area contributed by atoms with Crippen molar-refractivity contribution in [1.82, 2.24) is 4.90 Å². The molecule has 1 N–H and O–H groups in total. The average molecular weight is 285 g/mol. The number of carbonyl (C=O) groups is 1. The van der Waals surface area contributed by atoms with E-state index < -0.39 is 17.8 Å². The number of rotatable bonds is 3. The molecule has 0 aromatic heterocycles. The minimum absolute atomic E-state index is 0.226. The summed E-state index contributed by atoms with van der Waals surface area (Å²) >= 11 is 0. The number of hydrogen-bond donors (Lipinski definition) is 1. The largest absolute Gasteiger partial charge is 0.480 e. The summed E-state index contributed by atoms with van der Waals surface area (Å²) in [7, 11) is 0. The van der Waals surface area contributed by atoms with Crippen LogP contribution in [0.4, 0.5) is 4.39 Å². The number of carboxylic acids is 1. The van der Waals surface area contributed by atoms with Crippen LogP contribution in [-0.2, 0) is 17.8 Å². The van der Waals surface area contributed by atoms with Gasteiger partial charge in [0.2, 0.25) is 0 Å². The number of hydrogen-bond acceptors (Lipinski definition) is 2. The molecule has 1 aliphatic heterocycles. The van der Waals surface area contributed by atoms with Gasteiger partial charge in [-0.15, -0.1) is 0 Å². The van der Waals surface area contributed by atoms with Crippen molar-refractivity contribution >= 4 is 5.97 Å². The number of nitrogens with zero attached hydrogens (tertiary/aromatic N) is 1. The van der Waals surface area contributed by atoms with Crippen LogP contribution in [0, 0.1) is 5.82 Å². The lowest BCUT2D eigenvalue weighted by Gasteiger charge is -2.33. The third kappa shape index (κ3) is 2.67. The molecular weight excluding hydrogens is 269 g/mol. The van der Waals surface area contributed by atoms with E-state index in [4.69, 9.17) is 0 Å². The van der Waals surface area contributed by atoms with Gasteiger partial charge in [0.05, 0.1) is 0 Å². The van der Waals surface area contributed by atoms with Gasteiger partial charge in [-0.2, -0.15) is 0 Å². The van der Waals surface area contributed by atoms with Gasteiger partial charge in [0, 0.05) is 18.7 Å². The van der Waals surface area contributed by atoms with Crippen LogP contribution in [0.1, 0.15) is 22.7 Å². The quantitative estimate of drug-likeness (QED) is 0.942. The molecule has 0 saturated heterocycles. The van der Waals surface area contributed by atoms with Crippen LogP contribution in [0.2, 0.25) is 0 Å². The summed E-state index contributed by atoms with van der Waals surface area (Å²) in [6.45, 7) is 1.14. The Morgan fingerprint density at radius 1 is 1.10 bits per heavy atom. The summed E-state index contributed by atoms with van der Waals surface area (Å²) in [6, 6.07) is 13.2. The Balaban J connectivity index is 1.94. The maximum absolute atomic E-state index is 14.0. The lowest BCUT2D eigenvalue weighted by Crippen LogP contribution is -2.38. The molecule has 0 aliphatic carbocycles. The SMILES string of the molecule is O=C(O)C(c1ccccc1F)N1CCc2ccccc2C1. The predicted octanol–water partition coefficient (Wildman–Crippen LogP) is 3.01. The van der Waals surface area contributed by atoms with Crippen LogP contribution >= 0.6 is 0 Å². The fourth-order valence-electron chi connectivity index (χ4n) is 2.92. The fourth-order valence-corrected chi connectivity index (χ4v) is 2.92. The fraction of sp³-hybridized carbons (Fsp3) is 0.235. The van der Waals surface area contributed by atoms with E-state index >= 15 is 0 Å². The van der Waals surface area contributed by atoms with Gasteiger partial charge in [-0.05, 0) is 23.6 Å². The highest BCUT2D eigenvalue weighted by atomic mass is 19.1. The Bertz CT molecular complexity index is 671. The highest BCUT2D eigenvalue weighted by Gasteiger charge is 2.31. The van der Waals surface area contributed by atoms with E-state index in [1.807, 2.05) is 23.1 Å². The number of benzene rings is 2. The number of carboxylic acid groups (broad SMARTS) is 1. The first-order chi connectivity index (χ1) is 10.2. The summed E-state index contributed by atoms with van der Waals surface area (Å²) < 4.78 is 14.0. The van der Waals surface area contributed by atoms with E-state index in [2.05, 4.69) is 6.07 Å². The first-order valence-corrected chi connectivity index (χ1v) is 6.95. The lowest BCUT2D eigenvalue weighted by atomic mass is 9.96. The first-order valence-electron chi connectivity index (χ1n) is 6.95. The molecule has 4 heteroatoms. The van der Waals surface area contributed by atoms with Crippen molar-refractivity contribution in [2.24, 2.45) is 0 Å². The van der Waals surface area contributed by atoms with E-state index in [9.17, 15) is 14.3 Å². The third-order valence-electron chi connectivity index (χ3n) is 3.96. The number of aliphatic carboxylic acids is 1. The van der Waals surface area contributed by atoms with Gasteiger partial charge in [-0.25, -0.2) is 4.39 Å². The van der Waals surface area contributed by atoms with Crippen LogP contribution < -0.4 is 0 Å². The zero-order valence-electron chi connectivity index (χ0n) is 11.5. The van der Waals surface area contributed by atoms with Gasteiger partial charge >= 0.3 is 5.97 Å². The van der Waals surface area contributed by atoms with Gasteiger partial charge in [0.25, 0.3) is 0 Å². The Hall–Kier alpha value is -2.20. The Kier molecular flexibility index (Phi) is 3.71. The first kappa shape index (κ1) is 13.8. The number of fused-ring (bicyclic) bond motifs is 1. The highest BCUT2D eigenvalue weighted by molar-refractivity contribution is 5.75. The molecule has 0 amide bonds. The topological polar surface area (TPSA) is 40.5 Å². The summed E-state index contributed by atoms with van der Waals surface area (Å²) in [6.07, 6.45) is 0.786. The zero-order valence-corrected chi connectivity index (χ0v) is 11.5. The highest BCUT2D eigenvalue weighted by Crippen LogP contribution is 2.29. The molecule has 1 aliphatic rings. The Labute approximate surface area is 122 Å². The summed E-state index contributed by atoms with van der Waals surface area (Å²) in [4.78, 5) is 13.5. The molecule has 21 heavy (non-hydrogen) atoms. The molecule has 0 bridgehead atoms. The van der Waals surface area contributed by atoms with Crippen molar-refractivity contribution in [2.45, 2.75) is 19.0 Å². The van der Waals surface area contributed by atoms with Crippen LogP contribution in [0.3, 0.4) is 0 Å². The van der Waals surface area contributed by atoms with Gasteiger partial charge in [0.1, 0.15) is 11.9 Å². The van der Waals surface area contributed by atoms with E-state index in [1.165, 1.54) is 11.6 Å². The van der Waals surface area contributed by atoms with E-state index in [0.29, 0.717) is 13.1 Å². The summed E-state index contributed by atoms with van der Waals surface area (Å²) in [5.74, 6) is -1.48. The molecule has 108 valence electrons. The summed E-state index contributed by atoms with van der Waals surface area (Å²) in [5.41, 5.74) is 2.59. The van der Waals surface area contributed by atoms with Crippen molar-refractivity contribution in [3.8, 4) is 0 Å². The third-order valence-corrected chi connectivity index (χ3v) is 3.96. The standard InChI is InChI=1S/C17H16FNO2/c18-15-8-4-3-7-14(15)16(17(20)21)19-10-9-12-5-1-2-6-13(12)11-19/h1-8,16H,9-11H2,(H,20,21). The van der Waals surface area contributed by atoms with Gasteiger partial charge in [-0.1, -0.05) is 42.5 Å². The molecule has 0 radical (unpaired) electrons.